The van der Waals surface area contributed by atoms with Gasteiger partial charge in [0.2, 0.25) is 0 Å². The second kappa shape index (κ2) is 3.05. The molecule has 1 saturated heterocycles. The maximum atomic E-state index is 12.0. The zero-order valence-corrected chi connectivity index (χ0v) is 9.08. The van der Waals surface area contributed by atoms with E-state index in [1.165, 1.54) is 5.01 Å². The molecule has 0 aliphatic carbocycles. The first-order chi connectivity index (χ1) is 6.60. The molecule has 1 amide bonds. The van der Waals surface area contributed by atoms with Gasteiger partial charge >= 0.3 is 0 Å². The normalized spacial score (nSPS) is 33.2. The van der Waals surface area contributed by atoms with Crippen LogP contribution in [-0.2, 0) is 4.79 Å². The number of amides is 1. The van der Waals surface area contributed by atoms with Crippen LogP contribution in [0.4, 0.5) is 0 Å². The Balaban J connectivity index is 2.36. The maximum Gasteiger partial charge on any atom is 0.255 e. The summed E-state index contributed by atoms with van der Waals surface area (Å²) in [5.74, 6) is 0.168. The van der Waals surface area contributed by atoms with E-state index >= 15 is 0 Å². The van der Waals surface area contributed by atoms with Crippen molar-refractivity contribution in [3.05, 3.63) is 0 Å². The molecule has 0 spiro atoms. The van der Waals surface area contributed by atoms with Gasteiger partial charge < -0.3 is 4.90 Å². The average molecular weight is 195 g/mol. The second-order valence-electron chi connectivity index (χ2n) is 4.30. The van der Waals surface area contributed by atoms with E-state index in [-0.39, 0.29) is 11.3 Å². The Morgan fingerprint density at radius 3 is 2.86 bits per heavy atom. The Hall–Kier alpha value is -0.900. The molecule has 2 aliphatic rings. The molecule has 4 nitrogen and oxygen atoms in total. The van der Waals surface area contributed by atoms with Crippen molar-refractivity contribution in [2.75, 3.05) is 27.2 Å². The third kappa shape index (κ3) is 1.10. The minimum atomic E-state index is -0.304. The molecule has 1 atom stereocenters. The van der Waals surface area contributed by atoms with Gasteiger partial charge in [-0.15, -0.1) is 0 Å². The topological polar surface area (TPSA) is 35.9 Å². The van der Waals surface area contributed by atoms with E-state index in [1.54, 1.807) is 7.05 Å². The minimum Gasteiger partial charge on any atom is -0.305 e. The van der Waals surface area contributed by atoms with Crippen molar-refractivity contribution in [1.29, 1.82) is 0 Å². The summed E-state index contributed by atoms with van der Waals surface area (Å²) in [6.07, 6.45) is 1.79. The monoisotopic (exact) mass is 195 g/mol. The first-order valence-corrected chi connectivity index (χ1v) is 5.15. The summed E-state index contributed by atoms with van der Waals surface area (Å²) < 4.78 is 0. The van der Waals surface area contributed by atoms with Crippen molar-refractivity contribution in [2.45, 2.75) is 19.8 Å². The number of fused-ring (bicyclic) bond motifs is 1. The van der Waals surface area contributed by atoms with Crippen LogP contribution >= 0.6 is 0 Å². The van der Waals surface area contributed by atoms with Gasteiger partial charge in [0.25, 0.3) is 5.91 Å². The minimum absolute atomic E-state index is 0.168. The predicted molar refractivity (Wildman–Crippen MR) is 55.0 cm³/mol. The standard InChI is InChI=1S/C10H17N3O/c1-4-10-7-12(2)6-5-8(10)11-13(3)9(10)14/h4-7H2,1-3H3. The van der Waals surface area contributed by atoms with Crippen LogP contribution in [0.5, 0.6) is 0 Å². The highest BCUT2D eigenvalue weighted by atomic mass is 16.2. The fourth-order valence-electron chi connectivity index (χ4n) is 2.51. The lowest BCUT2D eigenvalue weighted by molar-refractivity contribution is -0.136. The number of hydrogen-bond acceptors (Lipinski definition) is 3. The first-order valence-electron chi connectivity index (χ1n) is 5.15. The average Bonchev–Trinajstić information content (AvgIpc) is 2.42. The van der Waals surface area contributed by atoms with Crippen LogP contribution in [0.3, 0.4) is 0 Å². The highest BCUT2D eigenvalue weighted by Gasteiger charge is 2.50. The van der Waals surface area contributed by atoms with Gasteiger partial charge in [0.1, 0.15) is 5.41 Å². The van der Waals surface area contributed by atoms with E-state index in [2.05, 4.69) is 24.0 Å². The molecule has 14 heavy (non-hydrogen) atoms. The van der Waals surface area contributed by atoms with Gasteiger partial charge in [0, 0.05) is 26.6 Å². The lowest BCUT2D eigenvalue weighted by atomic mass is 9.76. The Bertz CT molecular complexity index is 300. The van der Waals surface area contributed by atoms with E-state index in [1.807, 2.05) is 0 Å². The number of carbonyl (C=O) groups excluding carboxylic acids is 1. The molecule has 2 heterocycles. The number of likely N-dealkylation sites (tertiary alicyclic amines) is 1. The lowest BCUT2D eigenvalue weighted by Gasteiger charge is -2.36. The molecular formula is C10H17N3O. The molecule has 0 aromatic rings. The van der Waals surface area contributed by atoms with Crippen LogP contribution in [0.1, 0.15) is 19.8 Å². The van der Waals surface area contributed by atoms with Crippen molar-refractivity contribution in [3.63, 3.8) is 0 Å². The molecule has 2 aliphatic heterocycles. The Morgan fingerprint density at radius 2 is 2.21 bits per heavy atom. The quantitative estimate of drug-likeness (QED) is 0.612. The summed E-state index contributed by atoms with van der Waals surface area (Å²) in [6, 6.07) is 0. The number of carbonyl (C=O) groups is 1. The number of rotatable bonds is 1. The molecule has 2 rings (SSSR count). The molecule has 0 saturated carbocycles. The van der Waals surface area contributed by atoms with Crippen LogP contribution in [0, 0.1) is 5.41 Å². The summed E-state index contributed by atoms with van der Waals surface area (Å²) in [7, 11) is 3.82. The van der Waals surface area contributed by atoms with E-state index in [4.69, 9.17) is 0 Å². The van der Waals surface area contributed by atoms with Gasteiger partial charge in [0.15, 0.2) is 0 Å². The fourth-order valence-corrected chi connectivity index (χ4v) is 2.51. The molecule has 0 bridgehead atoms. The zero-order valence-electron chi connectivity index (χ0n) is 9.08. The SMILES string of the molecule is CCC12CN(C)CCC1=NN(C)C2=O. The van der Waals surface area contributed by atoms with E-state index < -0.39 is 0 Å². The van der Waals surface area contributed by atoms with Crippen molar-refractivity contribution in [3.8, 4) is 0 Å². The van der Waals surface area contributed by atoms with Crippen LogP contribution in [0.25, 0.3) is 0 Å². The first kappa shape index (κ1) is 9.65. The maximum absolute atomic E-state index is 12.0. The number of hydrogen-bond donors (Lipinski definition) is 0. The largest absolute Gasteiger partial charge is 0.305 e. The summed E-state index contributed by atoms with van der Waals surface area (Å²) in [6.45, 7) is 3.92. The zero-order chi connectivity index (χ0) is 10.3. The Kier molecular flexibility index (Phi) is 2.10. The number of hydrazone groups is 1. The molecular weight excluding hydrogens is 178 g/mol. The molecule has 0 radical (unpaired) electrons. The van der Waals surface area contributed by atoms with Gasteiger partial charge in [-0.05, 0) is 13.5 Å². The molecule has 1 unspecified atom stereocenters. The summed E-state index contributed by atoms with van der Waals surface area (Å²) in [5, 5.41) is 5.85. The Labute approximate surface area is 84.6 Å². The van der Waals surface area contributed by atoms with Crippen molar-refractivity contribution in [2.24, 2.45) is 10.5 Å². The predicted octanol–water partition coefficient (Wildman–Crippen LogP) is 0.546. The molecule has 0 aromatic carbocycles. The van der Waals surface area contributed by atoms with Gasteiger partial charge in [0.05, 0.1) is 5.71 Å². The van der Waals surface area contributed by atoms with E-state index in [9.17, 15) is 4.79 Å². The van der Waals surface area contributed by atoms with Crippen molar-refractivity contribution >= 4 is 11.6 Å². The molecule has 0 aromatic heterocycles. The summed E-state index contributed by atoms with van der Waals surface area (Å²) in [4.78, 5) is 14.2. The van der Waals surface area contributed by atoms with E-state index in [0.29, 0.717) is 0 Å². The third-order valence-electron chi connectivity index (χ3n) is 3.40. The fraction of sp³-hybridized carbons (Fsp3) is 0.800. The lowest BCUT2D eigenvalue weighted by Crippen LogP contribution is -2.51. The molecule has 1 fully saturated rings. The second-order valence-corrected chi connectivity index (χ2v) is 4.30. The molecule has 0 N–H and O–H groups in total. The highest BCUT2D eigenvalue weighted by molar-refractivity contribution is 6.12. The smallest absolute Gasteiger partial charge is 0.255 e. The Morgan fingerprint density at radius 1 is 1.50 bits per heavy atom. The van der Waals surface area contributed by atoms with E-state index in [0.717, 1.165) is 31.6 Å². The molecule has 78 valence electrons. The van der Waals surface area contributed by atoms with Crippen molar-refractivity contribution < 1.29 is 4.79 Å². The summed E-state index contributed by atoms with van der Waals surface area (Å²) >= 11 is 0. The van der Waals surface area contributed by atoms with Gasteiger partial charge in [-0.3, -0.25) is 4.79 Å². The van der Waals surface area contributed by atoms with Gasteiger partial charge in [-0.1, -0.05) is 6.92 Å². The van der Waals surface area contributed by atoms with Gasteiger partial charge in [-0.25, -0.2) is 5.01 Å². The third-order valence-corrected chi connectivity index (χ3v) is 3.40. The van der Waals surface area contributed by atoms with Crippen LogP contribution in [0.15, 0.2) is 5.10 Å². The number of nitrogens with zero attached hydrogens (tertiary/aromatic N) is 3. The van der Waals surface area contributed by atoms with Crippen molar-refractivity contribution in [1.82, 2.24) is 9.91 Å². The van der Waals surface area contributed by atoms with Crippen LogP contribution in [-0.4, -0.2) is 48.7 Å². The highest BCUT2D eigenvalue weighted by Crippen LogP contribution is 2.36. The number of piperidine rings is 1. The van der Waals surface area contributed by atoms with Crippen LogP contribution < -0.4 is 0 Å². The van der Waals surface area contributed by atoms with Gasteiger partial charge in [-0.2, -0.15) is 5.10 Å². The van der Waals surface area contributed by atoms with Crippen LogP contribution in [0.2, 0.25) is 0 Å². The molecule has 4 heteroatoms. The summed E-state index contributed by atoms with van der Waals surface area (Å²) in [5.41, 5.74) is 0.785.